The van der Waals surface area contributed by atoms with E-state index < -0.39 is 17.6 Å². The van der Waals surface area contributed by atoms with Gasteiger partial charge in [0.1, 0.15) is 37.6 Å². The van der Waals surface area contributed by atoms with Gasteiger partial charge in [-0.2, -0.15) is 0 Å². The number of ketones is 2. The van der Waals surface area contributed by atoms with Gasteiger partial charge < -0.3 is 58.0 Å². The number of hydrogen-bond donors (Lipinski definition) is 2. The molecule has 0 heterocycles. The van der Waals surface area contributed by atoms with Gasteiger partial charge in [-0.3, -0.25) is 19.2 Å². The zero-order valence-corrected chi connectivity index (χ0v) is 50.8. The van der Waals surface area contributed by atoms with Crippen LogP contribution >= 0.6 is 11.6 Å². The molecule has 2 amide bonds. The fraction of sp³-hybridized carbons (Fsp3) is 0.522. The summed E-state index contributed by atoms with van der Waals surface area (Å²) in [5.74, 6) is 0.332. The summed E-state index contributed by atoms with van der Waals surface area (Å²) >= 11 is 5.66. The Bertz CT molecular complexity index is 2370. The smallest absolute Gasteiger partial charge is 0.407 e. The zero-order chi connectivity index (χ0) is 61.2. The number of alkyl halides is 1. The van der Waals surface area contributed by atoms with E-state index in [1.807, 2.05) is 115 Å². The Morgan fingerprint density at radius 2 is 0.814 bits per heavy atom. The van der Waals surface area contributed by atoms with Gasteiger partial charge in [0.2, 0.25) is 0 Å². The van der Waals surface area contributed by atoms with Crippen molar-refractivity contribution in [3.05, 3.63) is 155 Å². The molecule has 0 bridgehead atoms. The van der Waals surface area contributed by atoms with Crippen LogP contribution in [0.5, 0.6) is 0 Å². The zero-order valence-electron chi connectivity index (χ0n) is 50.1. The van der Waals surface area contributed by atoms with E-state index in [1.165, 1.54) is 0 Å². The van der Waals surface area contributed by atoms with Gasteiger partial charge >= 0.3 is 24.1 Å². The molecule has 4 rings (SSSR count). The average molecular weight is 1220 g/mol. The van der Waals surface area contributed by atoms with Crippen LogP contribution in [0.25, 0.3) is 0 Å². The van der Waals surface area contributed by atoms with Gasteiger partial charge in [0.05, 0.1) is 66.1 Å². The number of carbonyl (C=O) groups is 6. The molecule has 0 aromatic heterocycles. The number of carbonyl (C=O) groups excluding carboxylic acids is 6. The largest absolute Gasteiger partial charge is 0.463 e. The summed E-state index contributed by atoms with van der Waals surface area (Å²) in [6.45, 7) is 5.10. The molecule has 0 unspecified atom stereocenters. The van der Waals surface area contributed by atoms with E-state index in [-0.39, 0.29) is 102 Å². The number of nitrogens with one attached hydrogen (secondary N) is 2. The monoisotopic (exact) mass is 1210 g/mol. The number of esters is 2. The Balaban J connectivity index is 0.877. The normalized spacial score (nSPS) is 11.3. The molecule has 86 heavy (non-hydrogen) atoms. The summed E-state index contributed by atoms with van der Waals surface area (Å²) < 4.78 is 53.3. The summed E-state index contributed by atoms with van der Waals surface area (Å²) in [7, 11) is 0. The van der Waals surface area contributed by atoms with Gasteiger partial charge in [-0.1, -0.05) is 141 Å². The quantitative estimate of drug-likeness (QED) is 0.0105. The summed E-state index contributed by atoms with van der Waals surface area (Å²) in [5.41, 5.74) is 3.87. The van der Waals surface area contributed by atoms with Crippen LogP contribution in [0.2, 0.25) is 0 Å². The maximum Gasteiger partial charge on any atom is 0.407 e. The molecule has 0 aliphatic heterocycles. The van der Waals surface area contributed by atoms with E-state index in [4.69, 9.17) is 59.0 Å². The lowest BCUT2D eigenvalue weighted by Crippen LogP contribution is -2.38. The lowest BCUT2D eigenvalue weighted by molar-refractivity contribution is -0.145. The van der Waals surface area contributed by atoms with E-state index in [9.17, 15) is 28.8 Å². The molecular formula is C67H91ClN2O16. The van der Waals surface area contributed by atoms with Gasteiger partial charge in [-0.15, -0.1) is 11.6 Å². The maximum absolute atomic E-state index is 14.4. The van der Waals surface area contributed by atoms with Crippen molar-refractivity contribution in [3.63, 3.8) is 0 Å². The molecule has 2 N–H and O–H groups in total. The van der Waals surface area contributed by atoms with Crippen LogP contribution < -0.4 is 10.6 Å². The number of benzene rings is 4. The number of halogens is 1. The minimum Gasteiger partial charge on any atom is -0.463 e. The number of aryl methyl sites for hydroxylation is 1. The first-order valence-electron chi connectivity index (χ1n) is 30.3. The second kappa shape index (κ2) is 47.6. The highest BCUT2D eigenvalue weighted by molar-refractivity contribution is 6.17. The van der Waals surface area contributed by atoms with Crippen LogP contribution in [-0.4, -0.2) is 160 Å². The van der Waals surface area contributed by atoms with Crippen LogP contribution in [0.1, 0.15) is 111 Å². The van der Waals surface area contributed by atoms with Crippen LogP contribution in [0.15, 0.2) is 127 Å². The van der Waals surface area contributed by atoms with Crippen molar-refractivity contribution in [2.75, 3.05) is 125 Å². The van der Waals surface area contributed by atoms with Crippen molar-refractivity contribution in [2.45, 2.75) is 102 Å². The van der Waals surface area contributed by atoms with Gasteiger partial charge in [0, 0.05) is 64.3 Å². The van der Waals surface area contributed by atoms with Gasteiger partial charge in [0.25, 0.3) is 0 Å². The molecule has 0 aliphatic carbocycles. The minimum absolute atomic E-state index is 0.00228. The van der Waals surface area contributed by atoms with E-state index in [0.717, 1.165) is 79.2 Å². The Kier molecular flexibility index (Phi) is 39.8. The van der Waals surface area contributed by atoms with Crippen molar-refractivity contribution in [3.8, 4) is 0 Å². The summed E-state index contributed by atoms with van der Waals surface area (Å²) in [6.07, 6.45) is 12.2. The number of Topliss-reactive ketones (excluding diaryl/α,β-unsaturated/α-hetero) is 2. The number of alkyl carbamates (subject to hydrolysis) is 2. The molecule has 4 aromatic carbocycles. The fourth-order valence-electron chi connectivity index (χ4n) is 9.02. The van der Waals surface area contributed by atoms with Gasteiger partial charge in [0.15, 0.2) is 5.78 Å². The molecule has 18 nitrogen and oxygen atoms in total. The summed E-state index contributed by atoms with van der Waals surface area (Å²) in [5, 5.41) is 5.18. The lowest BCUT2D eigenvalue weighted by Gasteiger charge is -2.34. The van der Waals surface area contributed by atoms with Crippen LogP contribution in [0, 0.1) is 0 Å². The van der Waals surface area contributed by atoms with Crippen molar-refractivity contribution in [1.82, 2.24) is 10.6 Å². The highest BCUT2D eigenvalue weighted by Crippen LogP contribution is 2.41. The first kappa shape index (κ1) is 72.0. The fourth-order valence-corrected chi connectivity index (χ4v) is 9.21. The SMILES string of the molecule is O=C(CCCCCCC(=O)C(c1ccccc1)(c1ccccc1)c1ccccc1)Cc1ccc(CCC(=O)OCCOCCOCCNC(=O)OC/C=C/COC(=O)CCCOCCOCCOC(=O)NCCOCCOCCCCCCCl)cc1. The van der Waals surface area contributed by atoms with Crippen molar-refractivity contribution in [1.29, 1.82) is 0 Å². The molecule has 0 saturated carbocycles. The maximum atomic E-state index is 14.4. The second-order valence-electron chi connectivity index (χ2n) is 20.1. The number of amides is 2. The third-order valence-corrected chi connectivity index (χ3v) is 13.7. The molecule has 0 aliphatic rings. The van der Waals surface area contributed by atoms with E-state index in [2.05, 4.69) is 10.6 Å². The molecular weight excluding hydrogens is 1120 g/mol. The van der Waals surface area contributed by atoms with Crippen LogP contribution in [0.3, 0.4) is 0 Å². The van der Waals surface area contributed by atoms with Crippen LogP contribution in [0.4, 0.5) is 9.59 Å². The lowest BCUT2D eigenvalue weighted by atomic mass is 9.65. The number of rotatable bonds is 51. The molecule has 0 radical (unpaired) electrons. The minimum atomic E-state index is -0.909. The van der Waals surface area contributed by atoms with Gasteiger partial charge in [-0.05, 0) is 78.5 Å². The van der Waals surface area contributed by atoms with E-state index in [1.54, 1.807) is 12.2 Å². The number of ether oxygens (including phenoxy) is 10. The molecule has 4 aromatic rings. The first-order valence-corrected chi connectivity index (χ1v) is 30.8. The summed E-state index contributed by atoms with van der Waals surface area (Å²) in [4.78, 5) is 75.3. The first-order chi connectivity index (χ1) is 42.2. The van der Waals surface area contributed by atoms with Crippen molar-refractivity contribution in [2.24, 2.45) is 0 Å². The standard InChI is InChI=1S/C67H91ClN2O16/c68-36-16-3-4-17-39-77-45-47-79-44-38-70-66(76)86-54-52-82-49-46-78-40-20-29-63(73)83-41-18-19-42-85-65(75)69-37-43-80-48-50-81-51-53-84-64(74)35-34-56-30-32-57(33-31-56)55-61(71)27-14-1-2-15-28-62(72)67(58-21-8-5-9-22-58,59-23-10-6-11-24-59)60-25-12-7-13-26-60/h5-13,18-19,21-26,30-33H,1-4,14-17,20,27-29,34-55H2,(H,69,75)(H,70,76)/b19-18+. The van der Waals surface area contributed by atoms with Crippen molar-refractivity contribution < 1.29 is 76.1 Å². The van der Waals surface area contributed by atoms with E-state index >= 15 is 0 Å². The predicted octanol–water partition coefficient (Wildman–Crippen LogP) is 10.4. The molecule has 19 heteroatoms. The third-order valence-electron chi connectivity index (χ3n) is 13.4. The topological polar surface area (TPSA) is 219 Å². The second-order valence-corrected chi connectivity index (χ2v) is 20.4. The number of hydrogen-bond acceptors (Lipinski definition) is 16. The molecule has 0 spiro atoms. The van der Waals surface area contributed by atoms with Crippen molar-refractivity contribution >= 4 is 47.3 Å². The van der Waals surface area contributed by atoms with E-state index in [0.29, 0.717) is 90.8 Å². The Hall–Kier alpha value is -6.51. The Morgan fingerprint density at radius 1 is 0.384 bits per heavy atom. The van der Waals surface area contributed by atoms with Gasteiger partial charge in [-0.25, -0.2) is 9.59 Å². The molecule has 0 atom stereocenters. The predicted molar refractivity (Wildman–Crippen MR) is 328 cm³/mol. The average Bonchev–Trinajstić information content (AvgIpc) is 0.900. The summed E-state index contributed by atoms with van der Waals surface area (Å²) in [6, 6.07) is 37.9. The molecule has 472 valence electrons. The molecule has 0 saturated heterocycles. The Morgan fingerprint density at radius 3 is 1.37 bits per heavy atom. The number of unbranched alkanes of at least 4 members (excludes halogenated alkanes) is 6. The third kappa shape index (κ3) is 32.3. The Labute approximate surface area is 513 Å². The highest BCUT2D eigenvalue weighted by Gasteiger charge is 2.42. The molecule has 0 fully saturated rings. The highest BCUT2D eigenvalue weighted by atomic mass is 35.5. The van der Waals surface area contributed by atoms with Crippen LogP contribution in [-0.2, 0) is 84.8 Å².